The first-order valence-corrected chi connectivity index (χ1v) is 9.12. The molecule has 6 nitrogen and oxygen atoms in total. The Labute approximate surface area is 140 Å². The summed E-state index contributed by atoms with van der Waals surface area (Å²) < 4.78 is 0. The Morgan fingerprint density at radius 1 is 1.26 bits per heavy atom. The van der Waals surface area contributed by atoms with Gasteiger partial charge in [-0.2, -0.15) is 0 Å². The molecule has 126 valence electrons. The molecule has 0 aromatic carbocycles. The van der Waals surface area contributed by atoms with Crippen LogP contribution < -0.4 is 11.1 Å². The Morgan fingerprint density at radius 2 is 2.04 bits per heavy atom. The van der Waals surface area contributed by atoms with Crippen molar-refractivity contribution in [2.24, 2.45) is 5.73 Å². The number of urea groups is 1. The number of nitrogens with zero attached hydrogens (tertiary/aromatic N) is 2. The van der Waals surface area contributed by atoms with Crippen molar-refractivity contribution in [1.82, 2.24) is 15.1 Å². The molecule has 2 aliphatic heterocycles. The second kappa shape index (κ2) is 7.31. The fourth-order valence-corrected chi connectivity index (χ4v) is 4.37. The summed E-state index contributed by atoms with van der Waals surface area (Å²) in [5.41, 5.74) is 5.23. The molecule has 7 heteroatoms. The predicted molar refractivity (Wildman–Crippen MR) is 90.2 cm³/mol. The normalized spacial score (nSPS) is 23.1. The number of primary amides is 1. The van der Waals surface area contributed by atoms with Gasteiger partial charge in [-0.05, 0) is 37.1 Å². The van der Waals surface area contributed by atoms with Crippen LogP contribution >= 0.6 is 11.3 Å². The third-order valence-electron chi connectivity index (χ3n) is 4.68. The van der Waals surface area contributed by atoms with Gasteiger partial charge in [0.2, 0.25) is 5.91 Å². The van der Waals surface area contributed by atoms with Gasteiger partial charge in [-0.1, -0.05) is 6.07 Å². The zero-order chi connectivity index (χ0) is 16.2. The summed E-state index contributed by atoms with van der Waals surface area (Å²) in [4.78, 5) is 28.9. The molecule has 0 aliphatic carbocycles. The van der Waals surface area contributed by atoms with Crippen molar-refractivity contribution in [2.75, 3.05) is 26.2 Å². The monoisotopic (exact) mass is 336 g/mol. The van der Waals surface area contributed by atoms with Crippen LogP contribution in [0.3, 0.4) is 0 Å². The van der Waals surface area contributed by atoms with E-state index in [1.54, 1.807) is 11.3 Å². The number of rotatable bonds is 4. The van der Waals surface area contributed by atoms with E-state index in [0.717, 1.165) is 45.3 Å². The molecule has 2 saturated heterocycles. The highest BCUT2D eigenvalue weighted by atomic mass is 32.1. The van der Waals surface area contributed by atoms with Gasteiger partial charge in [0.15, 0.2) is 0 Å². The average molecular weight is 336 g/mol. The fourth-order valence-electron chi connectivity index (χ4n) is 3.50. The molecule has 0 unspecified atom stereocenters. The summed E-state index contributed by atoms with van der Waals surface area (Å²) in [7, 11) is 0. The third kappa shape index (κ3) is 4.03. The summed E-state index contributed by atoms with van der Waals surface area (Å²) in [6.07, 6.45) is 3.85. The van der Waals surface area contributed by atoms with Crippen molar-refractivity contribution >= 4 is 23.3 Å². The minimum atomic E-state index is -0.289. The summed E-state index contributed by atoms with van der Waals surface area (Å²) in [5, 5.41) is 5.24. The molecular formula is C16H24N4O2S. The highest BCUT2D eigenvalue weighted by Crippen LogP contribution is 2.34. The lowest BCUT2D eigenvalue weighted by atomic mass is 10.1. The average Bonchev–Trinajstić information content (AvgIpc) is 3.19. The largest absolute Gasteiger partial charge is 0.369 e. The van der Waals surface area contributed by atoms with Crippen LogP contribution in [0.15, 0.2) is 17.5 Å². The second-order valence-electron chi connectivity index (χ2n) is 6.33. The Morgan fingerprint density at radius 3 is 2.70 bits per heavy atom. The van der Waals surface area contributed by atoms with E-state index in [1.165, 1.54) is 4.88 Å². The minimum absolute atomic E-state index is 0.0502. The van der Waals surface area contributed by atoms with Gasteiger partial charge in [-0.25, -0.2) is 4.79 Å². The topological polar surface area (TPSA) is 78.7 Å². The number of likely N-dealkylation sites (tertiary alicyclic amines) is 2. The Hall–Kier alpha value is -1.60. The van der Waals surface area contributed by atoms with Gasteiger partial charge in [0.05, 0.1) is 12.6 Å². The van der Waals surface area contributed by atoms with Crippen LogP contribution in [0.1, 0.15) is 36.6 Å². The number of carbonyl (C=O) groups excluding carboxylic acids is 2. The molecule has 0 saturated carbocycles. The van der Waals surface area contributed by atoms with Crippen LogP contribution in [-0.2, 0) is 4.79 Å². The Balaban J connectivity index is 1.50. The van der Waals surface area contributed by atoms with Crippen molar-refractivity contribution in [3.8, 4) is 0 Å². The number of amides is 3. The quantitative estimate of drug-likeness (QED) is 0.875. The SMILES string of the molecule is NC(=O)CN1CCC(NC(=O)N2CCC[C@@H]2c2cccs2)CC1. The van der Waals surface area contributed by atoms with Crippen LogP contribution in [0, 0.1) is 0 Å². The number of hydrogen-bond donors (Lipinski definition) is 2. The Bertz CT molecular complexity index is 540. The number of thiophene rings is 1. The van der Waals surface area contributed by atoms with Crippen molar-refractivity contribution in [3.63, 3.8) is 0 Å². The molecule has 1 aromatic heterocycles. The van der Waals surface area contributed by atoms with E-state index >= 15 is 0 Å². The molecule has 1 aromatic rings. The van der Waals surface area contributed by atoms with Crippen LogP contribution in [0.25, 0.3) is 0 Å². The van der Waals surface area contributed by atoms with E-state index < -0.39 is 0 Å². The molecule has 23 heavy (non-hydrogen) atoms. The summed E-state index contributed by atoms with van der Waals surface area (Å²) in [6, 6.07) is 4.63. The van der Waals surface area contributed by atoms with Crippen molar-refractivity contribution in [3.05, 3.63) is 22.4 Å². The van der Waals surface area contributed by atoms with Gasteiger partial charge in [-0.15, -0.1) is 11.3 Å². The maximum absolute atomic E-state index is 12.6. The number of piperidine rings is 1. The van der Waals surface area contributed by atoms with Gasteiger partial charge in [0, 0.05) is 30.6 Å². The molecule has 2 aliphatic rings. The molecule has 0 radical (unpaired) electrons. The van der Waals surface area contributed by atoms with E-state index in [1.807, 2.05) is 11.0 Å². The molecule has 3 amide bonds. The highest BCUT2D eigenvalue weighted by molar-refractivity contribution is 7.10. The van der Waals surface area contributed by atoms with Crippen LogP contribution in [0.4, 0.5) is 4.79 Å². The van der Waals surface area contributed by atoms with Gasteiger partial charge in [-0.3, -0.25) is 9.69 Å². The van der Waals surface area contributed by atoms with Crippen molar-refractivity contribution in [1.29, 1.82) is 0 Å². The lowest BCUT2D eigenvalue weighted by Gasteiger charge is -2.33. The lowest BCUT2D eigenvalue weighted by Crippen LogP contribution is -2.50. The molecule has 3 heterocycles. The van der Waals surface area contributed by atoms with Gasteiger partial charge in [0.25, 0.3) is 0 Å². The van der Waals surface area contributed by atoms with Crippen LogP contribution in [0.5, 0.6) is 0 Å². The summed E-state index contributed by atoms with van der Waals surface area (Å²) >= 11 is 1.72. The first kappa shape index (κ1) is 16.3. The van der Waals surface area contributed by atoms with Crippen molar-refractivity contribution < 1.29 is 9.59 Å². The number of nitrogens with two attached hydrogens (primary N) is 1. The molecule has 2 fully saturated rings. The summed E-state index contributed by atoms with van der Waals surface area (Å²) in [6.45, 7) is 2.76. The highest BCUT2D eigenvalue weighted by Gasteiger charge is 2.32. The maximum atomic E-state index is 12.6. The predicted octanol–water partition coefficient (Wildman–Crippen LogP) is 1.54. The second-order valence-corrected chi connectivity index (χ2v) is 7.31. The minimum Gasteiger partial charge on any atom is -0.369 e. The van der Waals surface area contributed by atoms with Gasteiger partial charge >= 0.3 is 6.03 Å². The van der Waals surface area contributed by atoms with Crippen LogP contribution in [0.2, 0.25) is 0 Å². The maximum Gasteiger partial charge on any atom is 0.318 e. The Kier molecular flexibility index (Phi) is 5.17. The van der Waals surface area contributed by atoms with E-state index in [2.05, 4.69) is 21.7 Å². The zero-order valence-electron chi connectivity index (χ0n) is 13.2. The third-order valence-corrected chi connectivity index (χ3v) is 5.65. The molecular weight excluding hydrogens is 312 g/mol. The van der Waals surface area contributed by atoms with Gasteiger partial charge in [0.1, 0.15) is 0 Å². The summed E-state index contributed by atoms with van der Waals surface area (Å²) in [5.74, 6) is -0.289. The molecule has 3 rings (SSSR count). The van der Waals surface area contributed by atoms with Crippen LogP contribution in [-0.4, -0.2) is 54.0 Å². The number of hydrogen-bond acceptors (Lipinski definition) is 4. The molecule has 0 spiro atoms. The van der Waals surface area contributed by atoms with Crippen molar-refractivity contribution in [2.45, 2.75) is 37.8 Å². The molecule has 3 N–H and O–H groups in total. The first-order valence-electron chi connectivity index (χ1n) is 8.24. The zero-order valence-corrected chi connectivity index (χ0v) is 14.1. The lowest BCUT2D eigenvalue weighted by molar-refractivity contribution is -0.119. The first-order chi connectivity index (χ1) is 11.1. The van der Waals surface area contributed by atoms with E-state index in [9.17, 15) is 9.59 Å². The number of carbonyl (C=O) groups is 2. The smallest absolute Gasteiger partial charge is 0.318 e. The fraction of sp³-hybridized carbons (Fsp3) is 0.625. The van der Waals surface area contributed by atoms with E-state index in [-0.39, 0.29) is 24.0 Å². The van der Waals surface area contributed by atoms with E-state index in [4.69, 9.17) is 5.73 Å². The number of nitrogens with one attached hydrogen (secondary N) is 1. The van der Waals surface area contributed by atoms with E-state index in [0.29, 0.717) is 6.54 Å². The van der Waals surface area contributed by atoms with Gasteiger partial charge < -0.3 is 16.0 Å². The standard InChI is InChI=1S/C16H24N4O2S/c17-15(21)11-19-8-5-12(6-9-19)18-16(22)20-7-1-3-13(20)14-4-2-10-23-14/h2,4,10,12-13H,1,3,5-9,11H2,(H2,17,21)(H,18,22)/t13-/m1/s1. The molecule has 1 atom stereocenters. The molecule has 0 bridgehead atoms.